The Morgan fingerprint density at radius 2 is 2.08 bits per heavy atom. The summed E-state index contributed by atoms with van der Waals surface area (Å²) in [4.78, 5) is 11.0. The lowest BCUT2D eigenvalue weighted by atomic mass is 9.77. The summed E-state index contributed by atoms with van der Waals surface area (Å²) < 4.78 is 0. The van der Waals surface area contributed by atoms with E-state index in [0.717, 1.165) is 6.42 Å². The summed E-state index contributed by atoms with van der Waals surface area (Å²) in [6.07, 6.45) is 4.68. The molecule has 0 aliphatic heterocycles. The summed E-state index contributed by atoms with van der Waals surface area (Å²) in [5.41, 5.74) is 3.28. The van der Waals surface area contributed by atoms with Crippen LogP contribution < -0.4 is 0 Å². The van der Waals surface area contributed by atoms with Crippen molar-refractivity contribution in [2.24, 2.45) is 11.8 Å². The first-order chi connectivity index (χ1) is 6.16. The van der Waals surface area contributed by atoms with Gasteiger partial charge in [0, 0.05) is 0 Å². The molecule has 0 spiro atoms. The second kappa shape index (κ2) is 4.64. The molecule has 0 aromatic heterocycles. The zero-order valence-electron chi connectivity index (χ0n) is 7.98. The highest BCUT2D eigenvalue weighted by molar-refractivity contribution is 6.67. The Morgan fingerprint density at radius 3 is 2.54 bits per heavy atom. The van der Waals surface area contributed by atoms with Gasteiger partial charge in [-0.3, -0.25) is 4.79 Å². The summed E-state index contributed by atoms with van der Waals surface area (Å²) >= 11 is 5.46. The van der Waals surface area contributed by atoms with Crippen LogP contribution in [0.15, 0.2) is 17.9 Å². The molecule has 1 aliphatic carbocycles. The number of allylic oxidation sites excluding steroid dienone is 1. The van der Waals surface area contributed by atoms with E-state index >= 15 is 0 Å². The molecule has 0 aromatic rings. The molecular weight excluding hydrogens is 184 g/mol. The van der Waals surface area contributed by atoms with E-state index in [9.17, 15) is 4.79 Å². The second-order valence-electron chi connectivity index (χ2n) is 3.73. The molecule has 0 aromatic carbocycles. The predicted octanol–water partition coefficient (Wildman–Crippen LogP) is 3.29. The van der Waals surface area contributed by atoms with Crippen molar-refractivity contribution in [2.75, 3.05) is 0 Å². The Bertz CT molecular complexity index is 251. The summed E-state index contributed by atoms with van der Waals surface area (Å²) in [5.74, 6) is 0.831. The van der Waals surface area contributed by atoms with Gasteiger partial charge in [0.25, 0.3) is 5.24 Å². The first-order valence-electron chi connectivity index (χ1n) is 4.76. The van der Waals surface area contributed by atoms with Gasteiger partial charge in [0.1, 0.15) is 0 Å². The molecular formula is C11H15ClO. The van der Waals surface area contributed by atoms with Crippen LogP contribution in [-0.2, 0) is 4.79 Å². The first-order valence-corrected chi connectivity index (χ1v) is 5.14. The number of hydrogen-bond donors (Lipinski definition) is 0. The van der Waals surface area contributed by atoms with Gasteiger partial charge in [-0.15, -0.1) is 5.73 Å². The molecule has 0 bridgehead atoms. The lowest BCUT2D eigenvalue weighted by Gasteiger charge is -2.28. The van der Waals surface area contributed by atoms with E-state index < -0.39 is 0 Å². The van der Waals surface area contributed by atoms with Gasteiger partial charge in [-0.25, -0.2) is 0 Å². The fraction of sp³-hybridized carbons (Fsp3) is 0.636. The highest BCUT2D eigenvalue weighted by Crippen LogP contribution is 2.34. The van der Waals surface area contributed by atoms with Gasteiger partial charge in [0.2, 0.25) is 0 Å². The minimum atomic E-state index is -0.381. The maximum absolute atomic E-state index is 11.0. The van der Waals surface area contributed by atoms with E-state index in [1.165, 1.54) is 19.3 Å². The third kappa shape index (κ3) is 2.46. The van der Waals surface area contributed by atoms with Crippen molar-refractivity contribution >= 4 is 16.8 Å². The molecule has 1 saturated carbocycles. The van der Waals surface area contributed by atoms with Crippen molar-refractivity contribution in [3.63, 3.8) is 0 Å². The summed E-state index contributed by atoms with van der Waals surface area (Å²) in [6, 6.07) is 0. The van der Waals surface area contributed by atoms with Crippen LogP contribution in [0.2, 0.25) is 0 Å². The molecule has 2 heteroatoms. The summed E-state index contributed by atoms with van der Waals surface area (Å²) in [7, 11) is 0. The van der Waals surface area contributed by atoms with Crippen molar-refractivity contribution in [3.8, 4) is 0 Å². The van der Waals surface area contributed by atoms with Gasteiger partial charge in [0.15, 0.2) is 0 Å². The van der Waals surface area contributed by atoms with Crippen LogP contribution in [0.5, 0.6) is 0 Å². The lowest BCUT2D eigenvalue weighted by molar-refractivity contribution is -0.109. The van der Waals surface area contributed by atoms with Crippen molar-refractivity contribution < 1.29 is 4.79 Å². The summed E-state index contributed by atoms with van der Waals surface area (Å²) in [6.45, 7) is 5.69. The number of rotatable bonds is 2. The van der Waals surface area contributed by atoms with E-state index in [-0.39, 0.29) is 11.2 Å². The van der Waals surface area contributed by atoms with Crippen molar-refractivity contribution in [1.82, 2.24) is 0 Å². The normalized spacial score (nSPS) is 27.8. The maximum Gasteiger partial charge on any atom is 0.256 e. The first kappa shape index (κ1) is 10.6. The van der Waals surface area contributed by atoms with Crippen LogP contribution in [0.1, 0.15) is 32.6 Å². The van der Waals surface area contributed by atoms with Crippen LogP contribution >= 0.6 is 11.6 Å². The molecule has 0 amide bonds. The molecule has 2 atom stereocenters. The van der Waals surface area contributed by atoms with Gasteiger partial charge in [-0.05, 0) is 29.9 Å². The topological polar surface area (TPSA) is 17.1 Å². The highest BCUT2D eigenvalue weighted by atomic mass is 35.5. The monoisotopic (exact) mass is 198 g/mol. The van der Waals surface area contributed by atoms with E-state index in [2.05, 4.69) is 19.2 Å². The minimum Gasteiger partial charge on any atom is -0.275 e. The molecule has 1 nitrogen and oxygen atoms in total. The zero-order chi connectivity index (χ0) is 9.84. The van der Waals surface area contributed by atoms with E-state index in [0.29, 0.717) is 11.5 Å². The molecule has 0 radical (unpaired) electrons. The Hall–Kier alpha value is -0.520. The average molecular weight is 199 g/mol. The van der Waals surface area contributed by atoms with Crippen LogP contribution in [0.4, 0.5) is 0 Å². The molecule has 1 fully saturated rings. The van der Waals surface area contributed by atoms with Crippen LogP contribution in [0, 0.1) is 11.8 Å². The standard InChI is InChI=1S/C11H15ClO/c1-3-9(11(12)13)10-7-5-4-6-8(10)2/h8,10H,1,4-7H2,2H3. The number of carbonyl (C=O) groups is 1. The number of hydrogen-bond acceptors (Lipinski definition) is 1. The van der Waals surface area contributed by atoms with Crippen molar-refractivity contribution in [1.29, 1.82) is 0 Å². The van der Waals surface area contributed by atoms with E-state index in [1.54, 1.807) is 0 Å². The smallest absolute Gasteiger partial charge is 0.256 e. The zero-order valence-corrected chi connectivity index (χ0v) is 8.73. The lowest BCUT2D eigenvalue weighted by Crippen LogP contribution is -2.20. The molecule has 13 heavy (non-hydrogen) atoms. The summed E-state index contributed by atoms with van der Waals surface area (Å²) in [5, 5.41) is -0.381. The van der Waals surface area contributed by atoms with E-state index in [4.69, 9.17) is 11.6 Å². The molecule has 72 valence electrons. The van der Waals surface area contributed by atoms with Gasteiger partial charge in [-0.2, -0.15) is 0 Å². The van der Waals surface area contributed by atoms with Crippen molar-refractivity contribution in [3.05, 3.63) is 17.9 Å². The molecule has 0 heterocycles. The van der Waals surface area contributed by atoms with Gasteiger partial charge in [-0.1, -0.05) is 32.8 Å². The number of carbonyl (C=O) groups excluding carboxylic acids is 1. The fourth-order valence-corrected chi connectivity index (χ4v) is 2.30. The Morgan fingerprint density at radius 1 is 1.46 bits per heavy atom. The highest BCUT2D eigenvalue weighted by Gasteiger charge is 2.27. The van der Waals surface area contributed by atoms with Gasteiger partial charge in [0.05, 0.1) is 5.57 Å². The second-order valence-corrected chi connectivity index (χ2v) is 4.08. The molecule has 0 N–H and O–H groups in total. The largest absolute Gasteiger partial charge is 0.275 e. The van der Waals surface area contributed by atoms with E-state index in [1.807, 2.05) is 0 Å². The maximum atomic E-state index is 11.0. The van der Waals surface area contributed by atoms with Gasteiger partial charge < -0.3 is 0 Å². The Labute approximate surface area is 84.5 Å². The fourth-order valence-electron chi connectivity index (χ4n) is 2.09. The Balaban J connectivity index is 2.78. The molecule has 1 rings (SSSR count). The average Bonchev–Trinajstić information content (AvgIpc) is 2.09. The number of halogens is 1. The van der Waals surface area contributed by atoms with Crippen LogP contribution in [0.3, 0.4) is 0 Å². The van der Waals surface area contributed by atoms with Crippen LogP contribution in [-0.4, -0.2) is 5.24 Å². The SMILES string of the molecule is C=C=C(C(=O)Cl)C1CCCCC1C. The molecule has 2 unspecified atom stereocenters. The van der Waals surface area contributed by atoms with Gasteiger partial charge >= 0.3 is 0 Å². The third-order valence-corrected chi connectivity index (χ3v) is 3.09. The molecule has 0 saturated heterocycles. The minimum absolute atomic E-state index is 0.288. The van der Waals surface area contributed by atoms with Crippen molar-refractivity contribution in [2.45, 2.75) is 32.6 Å². The third-order valence-electron chi connectivity index (χ3n) is 2.88. The predicted molar refractivity (Wildman–Crippen MR) is 54.6 cm³/mol. The Kier molecular flexibility index (Phi) is 3.77. The molecule has 1 aliphatic rings. The van der Waals surface area contributed by atoms with Crippen LogP contribution in [0.25, 0.3) is 0 Å². The quantitative estimate of drug-likeness (QED) is 0.378.